The Balaban J connectivity index is 1.67. The molecule has 4 nitrogen and oxygen atoms in total. The van der Waals surface area contributed by atoms with Crippen molar-refractivity contribution < 1.29 is 4.79 Å². The molecule has 0 saturated carbocycles. The first-order chi connectivity index (χ1) is 8.72. The van der Waals surface area contributed by atoms with E-state index in [2.05, 4.69) is 10.3 Å². The lowest BCUT2D eigenvalue weighted by Gasteiger charge is -1.99. The van der Waals surface area contributed by atoms with Gasteiger partial charge in [0.15, 0.2) is 4.96 Å². The number of fused-ring (bicyclic) bond motifs is 1. The van der Waals surface area contributed by atoms with Crippen molar-refractivity contribution in [3.8, 4) is 0 Å². The molecule has 92 valence electrons. The molecule has 0 spiro atoms. The van der Waals surface area contributed by atoms with Crippen LogP contribution < -0.4 is 5.32 Å². The summed E-state index contributed by atoms with van der Waals surface area (Å²) < 4.78 is 2.55. The summed E-state index contributed by atoms with van der Waals surface area (Å²) in [5.74, 6) is -0.122. The summed E-state index contributed by atoms with van der Waals surface area (Å²) in [4.78, 5) is 17.7. The molecular weight excluding hydrogens is 290 g/mol. The molecule has 3 rings (SSSR count). The molecule has 0 aliphatic rings. The first-order valence-corrected chi connectivity index (χ1v) is 7.24. The van der Waals surface area contributed by atoms with Gasteiger partial charge in [0.05, 0.1) is 21.5 Å². The first kappa shape index (κ1) is 11.7. The Bertz CT molecular complexity index is 671. The Kier molecular flexibility index (Phi) is 3.07. The highest BCUT2D eigenvalue weighted by Gasteiger charge is 2.09. The van der Waals surface area contributed by atoms with E-state index in [1.165, 1.54) is 11.3 Å². The van der Waals surface area contributed by atoms with Crippen LogP contribution in [-0.2, 0) is 6.54 Å². The van der Waals surface area contributed by atoms with Crippen LogP contribution in [0.25, 0.3) is 4.96 Å². The van der Waals surface area contributed by atoms with Crippen LogP contribution in [0.1, 0.15) is 15.4 Å². The van der Waals surface area contributed by atoms with Gasteiger partial charge < -0.3 is 5.32 Å². The molecule has 1 N–H and O–H groups in total. The molecule has 18 heavy (non-hydrogen) atoms. The van der Waals surface area contributed by atoms with Crippen molar-refractivity contribution >= 4 is 45.1 Å². The number of nitrogens with zero attached hydrogens (tertiary/aromatic N) is 2. The molecule has 0 fully saturated rings. The predicted octanol–water partition coefficient (Wildman–Crippen LogP) is 3.04. The maximum absolute atomic E-state index is 11.8. The van der Waals surface area contributed by atoms with Crippen molar-refractivity contribution in [2.45, 2.75) is 6.54 Å². The van der Waals surface area contributed by atoms with Crippen molar-refractivity contribution in [2.24, 2.45) is 0 Å². The molecule has 0 saturated heterocycles. The monoisotopic (exact) mass is 297 g/mol. The number of hydrogen-bond donors (Lipinski definition) is 1. The molecule has 0 bridgehead atoms. The Morgan fingerprint density at radius 3 is 3.11 bits per heavy atom. The summed E-state index contributed by atoms with van der Waals surface area (Å²) in [5.41, 5.74) is 0.845. The second-order valence-corrected chi connectivity index (χ2v) is 6.20. The van der Waals surface area contributed by atoms with Gasteiger partial charge in [0.2, 0.25) is 0 Å². The molecule has 0 unspecified atom stereocenters. The van der Waals surface area contributed by atoms with Crippen molar-refractivity contribution in [3.63, 3.8) is 0 Å². The van der Waals surface area contributed by atoms with Gasteiger partial charge in [-0.2, -0.15) is 0 Å². The van der Waals surface area contributed by atoms with E-state index >= 15 is 0 Å². The smallest absolute Gasteiger partial charge is 0.261 e. The number of amides is 1. The fourth-order valence-corrected chi connectivity index (χ4v) is 3.23. The van der Waals surface area contributed by atoms with Crippen molar-refractivity contribution in [3.05, 3.63) is 44.8 Å². The Morgan fingerprint density at radius 1 is 1.50 bits per heavy atom. The Morgan fingerprint density at radius 2 is 2.39 bits per heavy atom. The normalized spacial score (nSPS) is 10.9. The molecule has 1 amide bonds. The largest absolute Gasteiger partial charge is 0.346 e. The lowest BCUT2D eigenvalue weighted by atomic mass is 10.4. The van der Waals surface area contributed by atoms with E-state index in [9.17, 15) is 4.79 Å². The van der Waals surface area contributed by atoms with Gasteiger partial charge in [-0.3, -0.25) is 9.20 Å². The van der Waals surface area contributed by atoms with Gasteiger partial charge >= 0.3 is 0 Å². The maximum Gasteiger partial charge on any atom is 0.261 e. The van der Waals surface area contributed by atoms with Gasteiger partial charge in [0.25, 0.3) is 5.91 Å². The number of carbonyl (C=O) groups excluding carboxylic acids is 1. The number of rotatable bonds is 3. The molecule has 7 heteroatoms. The van der Waals surface area contributed by atoms with Crippen LogP contribution in [0.15, 0.2) is 29.9 Å². The number of imidazole rings is 1. The summed E-state index contributed by atoms with van der Waals surface area (Å²) in [6.45, 7) is 0.419. The van der Waals surface area contributed by atoms with E-state index < -0.39 is 0 Å². The van der Waals surface area contributed by atoms with Crippen LogP contribution in [0, 0.1) is 0 Å². The zero-order chi connectivity index (χ0) is 12.5. The Labute approximate surface area is 116 Å². The summed E-state index contributed by atoms with van der Waals surface area (Å²) in [6, 6.07) is 3.43. The minimum atomic E-state index is -0.122. The topological polar surface area (TPSA) is 46.4 Å². The predicted molar refractivity (Wildman–Crippen MR) is 73.6 cm³/mol. The first-order valence-electron chi connectivity index (χ1n) is 5.17. The van der Waals surface area contributed by atoms with Crippen molar-refractivity contribution in [1.29, 1.82) is 0 Å². The van der Waals surface area contributed by atoms with E-state index in [-0.39, 0.29) is 5.91 Å². The van der Waals surface area contributed by atoms with Crippen molar-refractivity contribution in [2.75, 3.05) is 0 Å². The summed E-state index contributed by atoms with van der Waals surface area (Å²) in [6.07, 6.45) is 3.85. The molecule has 3 aromatic rings. The van der Waals surface area contributed by atoms with Crippen LogP contribution in [0.2, 0.25) is 4.34 Å². The summed E-state index contributed by atoms with van der Waals surface area (Å²) >= 11 is 8.62. The van der Waals surface area contributed by atoms with Crippen LogP contribution >= 0.6 is 34.3 Å². The number of thiazole rings is 1. The van der Waals surface area contributed by atoms with E-state index in [0.29, 0.717) is 15.8 Å². The zero-order valence-corrected chi connectivity index (χ0v) is 11.5. The van der Waals surface area contributed by atoms with Crippen LogP contribution in [0.5, 0.6) is 0 Å². The lowest BCUT2D eigenvalue weighted by Crippen LogP contribution is -2.21. The fraction of sp³-hybridized carbons (Fsp3) is 0.0909. The molecule has 3 aromatic heterocycles. The summed E-state index contributed by atoms with van der Waals surface area (Å²) in [5, 5.41) is 4.79. The molecule has 0 aliphatic heterocycles. The summed E-state index contributed by atoms with van der Waals surface area (Å²) in [7, 11) is 0. The van der Waals surface area contributed by atoms with Crippen LogP contribution in [0.3, 0.4) is 0 Å². The Hall–Kier alpha value is -1.37. The lowest BCUT2D eigenvalue weighted by molar-refractivity contribution is 0.0954. The average Bonchev–Trinajstić information content (AvgIpc) is 3.00. The highest BCUT2D eigenvalue weighted by Crippen LogP contribution is 2.21. The molecule has 0 aromatic carbocycles. The maximum atomic E-state index is 11.8. The fourth-order valence-electron chi connectivity index (χ4n) is 1.56. The number of hydrogen-bond acceptors (Lipinski definition) is 4. The number of halogens is 1. The average molecular weight is 298 g/mol. The number of aromatic nitrogens is 2. The molecule has 0 radical (unpaired) electrons. The zero-order valence-electron chi connectivity index (χ0n) is 9.09. The molecule has 0 atom stereocenters. The van der Waals surface area contributed by atoms with Gasteiger partial charge in [0, 0.05) is 17.8 Å². The van der Waals surface area contributed by atoms with E-state index in [1.807, 2.05) is 22.2 Å². The van der Waals surface area contributed by atoms with Gasteiger partial charge in [-0.05, 0) is 12.1 Å². The quantitative estimate of drug-likeness (QED) is 0.808. The van der Waals surface area contributed by atoms with Gasteiger partial charge in [-0.15, -0.1) is 22.7 Å². The third-order valence-corrected chi connectivity index (χ3v) is 4.37. The van der Waals surface area contributed by atoms with Gasteiger partial charge in [0.1, 0.15) is 0 Å². The van der Waals surface area contributed by atoms with E-state index in [1.54, 1.807) is 23.5 Å². The number of nitrogens with one attached hydrogen (secondary N) is 1. The van der Waals surface area contributed by atoms with Gasteiger partial charge in [-0.1, -0.05) is 11.6 Å². The number of thiophene rings is 1. The highest BCUT2D eigenvalue weighted by atomic mass is 35.5. The van der Waals surface area contributed by atoms with Crippen LogP contribution in [-0.4, -0.2) is 15.3 Å². The molecule has 3 heterocycles. The molecular formula is C11H8ClN3OS2. The second-order valence-electron chi connectivity index (χ2n) is 3.61. The molecule has 0 aliphatic carbocycles. The van der Waals surface area contributed by atoms with Crippen molar-refractivity contribution in [1.82, 2.24) is 14.7 Å². The minimum Gasteiger partial charge on any atom is -0.346 e. The van der Waals surface area contributed by atoms with Crippen LogP contribution in [0.4, 0.5) is 0 Å². The standard InChI is InChI=1S/C11H8ClN3OS2/c12-9-2-1-8(18-9)10(16)13-5-7-6-15-3-4-17-11(15)14-7/h1-4,6H,5H2,(H,13,16). The second kappa shape index (κ2) is 4.72. The van der Waals surface area contributed by atoms with E-state index in [4.69, 9.17) is 11.6 Å². The third-order valence-electron chi connectivity index (χ3n) is 2.37. The third kappa shape index (κ3) is 2.27. The number of carbonyl (C=O) groups is 1. The van der Waals surface area contributed by atoms with E-state index in [0.717, 1.165) is 10.7 Å². The minimum absolute atomic E-state index is 0.122. The highest BCUT2D eigenvalue weighted by molar-refractivity contribution is 7.18. The SMILES string of the molecule is O=C(NCc1cn2ccsc2n1)c1ccc(Cl)s1. The van der Waals surface area contributed by atoms with Gasteiger partial charge in [-0.25, -0.2) is 4.98 Å².